The lowest BCUT2D eigenvalue weighted by Gasteiger charge is -2.16. The molecular formula is C15H17NO2. The normalized spacial score (nSPS) is 20.3. The van der Waals surface area contributed by atoms with Crippen molar-refractivity contribution in [1.29, 1.82) is 0 Å². The number of Topliss-reactive ketones (excluding diaryl/α,β-unsaturated/α-hetero) is 2. The van der Waals surface area contributed by atoms with Crippen molar-refractivity contribution < 1.29 is 9.59 Å². The Morgan fingerprint density at radius 3 is 2.83 bits per heavy atom. The summed E-state index contributed by atoms with van der Waals surface area (Å²) in [4.78, 5) is 27.5. The van der Waals surface area contributed by atoms with Gasteiger partial charge in [-0.2, -0.15) is 0 Å². The van der Waals surface area contributed by atoms with Crippen molar-refractivity contribution in [2.24, 2.45) is 10.9 Å². The average Bonchev–Trinajstić information content (AvgIpc) is 2.38. The molecule has 0 spiro atoms. The second-order valence-corrected chi connectivity index (χ2v) is 4.67. The Labute approximate surface area is 107 Å². The third-order valence-corrected chi connectivity index (χ3v) is 3.28. The summed E-state index contributed by atoms with van der Waals surface area (Å²) in [6.45, 7) is 1.53. The number of nitrogens with zero attached hydrogens (tertiary/aromatic N) is 1. The minimum Gasteiger partial charge on any atom is -0.299 e. The number of benzene rings is 1. The van der Waals surface area contributed by atoms with Gasteiger partial charge in [0.25, 0.3) is 0 Å². The zero-order chi connectivity index (χ0) is 13.0. The van der Waals surface area contributed by atoms with Gasteiger partial charge in [0.1, 0.15) is 5.78 Å². The van der Waals surface area contributed by atoms with E-state index in [4.69, 9.17) is 0 Å². The molecule has 1 aromatic rings. The second-order valence-electron chi connectivity index (χ2n) is 4.67. The highest BCUT2D eigenvalue weighted by atomic mass is 16.1. The SMILES string of the molecule is CC(=O)c1ccccc1N=CC1CCCCC1=O. The van der Waals surface area contributed by atoms with Crippen molar-refractivity contribution in [3.63, 3.8) is 0 Å². The van der Waals surface area contributed by atoms with Gasteiger partial charge < -0.3 is 0 Å². The second kappa shape index (κ2) is 5.71. The van der Waals surface area contributed by atoms with Gasteiger partial charge in [0, 0.05) is 18.2 Å². The molecule has 0 bridgehead atoms. The maximum Gasteiger partial charge on any atom is 0.161 e. The number of aliphatic imine (C=N–C) groups is 1. The molecule has 2 rings (SSSR count). The highest BCUT2D eigenvalue weighted by molar-refractivity contribution is 6.00. The number of rotatable bonds is 3. The smallest absolute Gasteiger partial charge is 0.161 e. The van der Waals surface area contributed by atoms with E-state index in [0.29, 0.717) is 17.7 Å². The Morgan fingerprint density at radius 2 is 2.11 bits per heavy atom. The summed E-state index contributed by atoms with van der Waals surface area (Å²) in [5, 5.41) is 0. The van der Waals surface area contributed by atoms with Crippen molar-refractivity contribution in [2.45, 2.75) is 32.6 Å². The van der Waals surface area contributed by atoms with Crippen LogP contribution in [-0.4, -0.2) is 17.8 Å². The predicted octanol–water partition coefficient (Wildman–Crippen LogP) is 3.35. The molecule has 1 aliphatic rings. The molecule has 3 nitrogen and oxygen atoms in total. The maximum atomic E-state index is 11.7. The van der Waals surface area contributed by atoms with Crippen LogP contribution in [-0.2, 0) is 4.79 Å². The summed E-state index contributed by atoms with van der Waals surface area (Å²) in [6, 6.07) is 7.24. The highest BCUT2D eigenvalue weighted by Gasteiger charge is 2.20. The number of hydrogen-bond donors (Lipinski definition) is 0. The van der Waals surface area contributed by atoms with Gasteiger partial charge in [0.05, 0.1) is 11.6 Å². The number of para-hydroxylation sites is 1. The van der Waals surface area contributed by atoms with Crippen molar-refractivity contribution in [3.05, 3.63) is 29.8 Å². The van der Waals surface area contributed by atoms with Gasteiger partial charge in [-0.25, -0.2) is 0 Å². The molecule has 0 saturated heterocycles. The summed E-state index contributed by atoms with van der Waals surface area (Å²) in [6.07, 6.45) is 5.32. The van der Waals surface area contributed by atoms with Gasteiger partial charge in [-0.3, -0.25) is 14.6 Å². The molecule has 1 saturated carbocycles. The molecule has 1 aliphatic carbocycles. The molecule has 3 heteroatoms. The Kier molecular flexibility index (Phi) is 4.03. The molecule has 0 amide bonds. The number of ketones is 2. The lowest BCUT2D eigenvalue weighted by molar-refractivity contribution is -0.122. The van der Waals surface area contributed by atoms with E-state index in [1.807, 2.05) is 12.1 Å². The van der Waals surface area contributed by atoms with Gasteiger partial charge in [0.2, 0.25) is 0 Å². The van der Waals surface area contributed by atoms with E-state index in [-0.39, 0.29) is 17.5 Å². The van der Waals surface area contributed by atoms with Gasteiger partial charge in [-0.15, -0.1) is 0 Å². The van der Waals surface area contributed by atoms with Crippen LogP contribution in [0, 0.1) is 5.92 Å². The standard InChI is InChI=1S/C15H17NO2/c1-11(17)13-7-3-4-8-14(13)16-10-12-6-2-5-9-15(12)18/h3-4,7-8,10,12H,2,5-6,9H2,1H3. The molecule has 1 unspecified atom stereocenters. The topological polar surface area (TPSA) is 46.5 Å². The van der Waals surface area contributed by atoms with Crippen molar-refractivity contribution in [3.8, 4) is 0 Å². The molecule has 94 valence electrons. The molecule has 0 N–H and O–H groups in total. The molecule has 0 radical (unpaired) electrons. The van der Waals surface area contributed by atoms with Crippen LogP contribution in [0.25, 0.3) is 0 Å². The average molecular weight is 243 g/mol. The molecule has 0 heterocycles. The summed E-state index contributed by atoms with van der Waals surface area (Å²) in [5.41, 5.74) is 1.26. The Bertz CT molecular complexity index is 491. The van der Waals surface area contributed by atoms with Gasteiger partial charge in [-0.1, -0.05) is 18.6 Å². The van der Waals surface area contributed by atoms with Crippen LogP contribution in [0.3, 0.4) is 0 Å². The van der Waals surface area contributed by atoms with E-state index in [0.717, 1.165) is 19.3 Å². The zero-order valence-electron chi connectivity index (χ0n) is 10.6. The van der Waals surface area contributed by atoms with Gasteiger partial charge >= 0.3 is 0 Å². The van der Waals surface area contributed by atoms with E-state index < -0.39 is 0 Å². The van der Waals surface area contributed by atoms with Crippen LogP contribution < -0.4 is 0 Å². The summed E-state index contributed by atoms with van der Waals surface area (Å²) in [5.74, 6) is 0.196. The Morgan fingerprint density at radius 1 is 1.33 bits per heavy atom. The molecule has 0 aliphatic heterocycles. The van der Waals surface area contributed by atoms with Crippen LogP contribution in [0.1, 0.15) is 43.0 Å². The molecule has 0 aromatic heterocycles. The van der Waals surface area contributed by atoms with Crippen molar-refractivity contribution >= 4 is 23.5 Å². The first-order valence-corrected chi connectivity index (χ1v) is 6.35. The molecule has 1 aromatic carbocycles. The molecule has 1 fully saturated rings. The van der Waals surface area contributed by atoms with E-state index in [2.05, 4.69) is 4.99 Å². The molecule has 18 heavy (non-hydrogen) atoms. The number of hydrogen-bond acceptors (Lipinski definition) is 3. The molecular weight excluding hydrogens is 226 g/mol. The first-order chi connectivity index (χ1) is 8.68. The van der Waals surface area contributed by atoms with Gasteiger partial charge in [0.15, 0.2) is 5.78 Å². The van der Waals surface area contributed by atoms with Crippen molar-refractivity contribution in [2.75, 3.05) is 0 Å². The van der Waals surface area contributed by atoms with Crippen molar-refractivity contribution in [1.82, 2.24) is 0 Å². The maximum absolute atomic E-state index is 11.7. The Balaban J connectivity index is 2.18. The minimum atomic E-state index is -0.0706. The first-order valence-electron chi connectivity index (χ1n) is 6.35. The van der Waals surface area contributed by atoms with E-state index in [1.54, 1.807) is 18.3 Å². The van der Waals surface area contributed by atoms with Crippen LogP contribution in [0.2, 0.25) is 0 Å². The van der Waals surface area contributed by atoms with Gasteiger partial charge in [-0.05, 0) is 31.9 Å². The predicted molar refractivity (Wildman–Crippen MR) is 71.6 cm³/mol. The largest absolute Gasteiger partial charge is 0.299 e. The van der Waals surface area contributed by atoms with Crippen LogP contribution in [0.4, 0.5) is 5.69 Å². The lowest BCUT2D eigenvalue weighted by Crippen LogP contribution is -2.19. The fourth-order valence-corrected chi connectivity index (χ4v) is 2.22. The van der Waals surface area contributed by atoms with E-state index in [9.17, 15) is 9.59 Å². The fourth-order valence-electron chi connectivity index (χ4n) is 2.22. The third-order valence-electron chi connectivity index (χ3n) is 3.28. The third kappa shape index (κ3) is 2.92. The lowest BCUT2D eigenvalue weighted by atomic mass is 9.89. The zero-order valence-corrected chi connectivity index (χ0v) is 10.6. The highest BCUT2D eigenvalue weighted by Crippen LogP contribution is 2.22. The van der Waals surface area contributed by atoms with Crippen LogP contribution >= 0.6 is 0 Å². The number of carbonyl (C=O) groups excluding carboxylic acids is 2. The number of carbonyl (C=O) groups is 2. The summed E-state index contributed by atoms with van der Waals surface area (Å²) >= 11 is 0. The summed E-state index contributed by atoms with van der Waals surface area (Å²) < 4.78 is 0. The fraction of sp³-hybridized carbons (Fsp3) is 0.400. The van der Waals surface area contributed by atoms with Crippen LogP contribution in [0.5, 0.6) is 0 Å². The molecule has 1 atom stereocenters. The first kappa shape index (κ1) is 12.7. The Hall–Kier alpha value is -1.77. The minimum absolute atomic E-state index is 0.00211. The monoisotopic (exact) mass is 243 g/mol. The van der Waals surface area contributed by atoms with Crippen LogP contribution in [0.15, 0.2) is 29.3 Å². The quantitative estimate of drug-likeness (QED) is 0.603. The van der Waals surface area contributed by atoms with E-state index >= 15 is 0 Å². The summed E-state index contributed by atoms with van der Waals surface area (Å²) in [7, 11) is 0. The van der Waals surface area contributed by atoms with E-state index in [1.165, 1.54) is 6.92 Å².